The Morgan fingerprint density at radius 3 is 2.67 bits per heavy atom. The lowest BCUT2D eigenvalue weighted by molar-refractivity contribution is -0.170. The zero-order valence-electron chi connectivity index (χ0n) is 13.3. The van der Waals surface area contributed by atoms with Crippen molar-refractivity contribution < 1.29 is 14.6 Å². The van der Waals surface area contributed by atoms with E-state index >= 15 is 0 Å². The Labute approximate surface area is 140 Å². The number of rotatable bonds is 1. The summed E-state index contributed by atoms with van der Waals surface area (Å²) in [4.78, 5) is 15.5. The largest absolute Gasteiger partial charge is 0.455 e. The zero-order chi connectivity index (χ0) is 16.4. The molecule has 0 aromatic heterocycles. The SMILES string of the molecule is O=C1O[C@]23C[C@@H]2CN(Cc2ccccc2[C@@]1(O)c1ccccc1)C3. The number of piperidine rings is 1. The minimum Gasteiger partial charge on any atom is -0.455 e. The van der Waals surface area contributed by atoms with Gasteiger partial charge in [0.1, 0.15) is 5.60 Å². The minimum absolute atomic E-state index is 0.387. The van der Waals surface area contributed by atoms with Crippen LogP contribution >= 0.6 is 0 Å². The van der Waals surface area contributed by atoms with Crippen LogP contribution in [0, 0.1) is 5.92 Å². The average molecular weight is 321 g/mol. The molecule has 3 aliphatic rings. The van der Waals surface area contributed by atoms with Crippen LogP contribution in [0.5, 0.6) is 0 Å². The van der Waals surface area contributed by atoms with Gasteiger partial charge in [0.15, 0.2) is 0 Å². The number of hydrogen-bond donors (Lipinski definition) is 1. The van der Waals surface area contributed by atoms with Gasteiger partial charge >= 0.3 is 5.97 Å². The molecule has 2 fully saturated rings. The second-order valence-electron chi connectivity index (χ2n) is 7.26. The first kappa shape index (κ1) is 14.2. The van der Waals surface area contributed by atoms with Gasteiger partial charge in [-0.15, -0.1) is 0 Å². The van der Waals surface area contributed by atoms with Crippen molar-refractivity contribution in [3.8, 4) is 0 Å². The summed E-state index contributed by atoms with van der Waals surface area (Å²) in [5, 5.41) is 11.6. The molecule has 2 aliphatic heterocycles. The van der Waals surface area contributed by atoms with Crippen LogP contribution in [0.15, 0.2) is 54.6 Å². The van der Waals surface area contributed by atoms with E-state index in [4.69, 9.17) is 4.74 Å². The fourth-order valence-electron chi connectivity index (χ4n) is 4.39. The Morgan fingerprint density at radius 1 is 1.08 bits per heavy atom. The van der Waals surface area contributed by atoms with Gasteiger partial charge in [0, 0.05) is 31.1 Å². The fraction of sp³-hybridized carbons (Fsp3) is 0.350. The highest BCUT2D eigenvalue weighted by molar-refractivity contribution is 5.86. The van der Waals surface area contributed by atoms with Crippen LogP contribution in [-0.4, -0.2) is 34.7 Å². The molecular weight excluding hydrogens is 302 g/mol. The molecule has 5 rings (SSSR count). The molecule has 2 aromatic rings. The molecule has 1 saturated heterocycles. The number of carbonyl (C=O) groups is 1. The van der Waals surface area contributed by atoms with E-state index in [9.17, 15) is 9.90 Å². The minimum atomic E-state index is -1.76. The van der Waals surface area contributed by atoms with Crippen LogP contribution < -0.4 is 0 Å². The van der Waals surface area contributed by atoms with Crippen molar-refractivity contribution in [2.24, 2.45) is 5.92 Å². The fourth-order valence-corrected chi connectivity index (χ4v) is 4.39. The first-order valence-electron chi connectivity index (χ1n) is 8.44. The summed E-state index contributed by atoms with van der Waals surface area (Å²) in [6, 6.07) is 16.8. The monoisotopic (exact) mass is 321 g/mol. The second kappa shape index (κ2) is 4.68. The van der Waals surface area contributed by atoms with E-state index in [0.29, 0.717) is 17.0 Å². The zero-order valence-corrected chi connectivity index (χ0v) is 13.3. The Morgan fingerprint density at radius 2 is 1.83 bits per heavy atom. The average Bonchev–Trinajstić information content (AvgIpc) is 3.14. The van der Waals surface area contributed by atoms with Crippen molar-refractivity contribution >= 4 is 5.97 Å². The molecule has 1 spiro atoms. The lowest BCUT2D eigenvalue weighted by atomic mass is 9.83. The van der Waals surface area contributed by atoms with Gasteiger partial charge in [0.2, 0.25) is 5.60 Å². The highest BCUT2D eigenvalue weighted by Gasteiger charge is 2.65. The Balaban J connectivity index is 1.72. The van der Waals surface area contributed by atoms with E-state index < -0.39 is 11.6 Å². The normalized spacial score (nSPS) is 36.6. The predicted octanol–water partition coefficient (Wildman–Crippen LogP) is 2.05. The molecule has 2 heterocycles. The van der Waals surface area contributed by atoms with Gasteiger partial charge in [-0.3, -0.25) is 4.90 Å². The van der Waals surface area contributed by atoms with Gasteiger partial charge in [-0.2, -0.15) is 0 Å². The summed E-state index contributed by atoms with van der Waals surface area (Å²) in [6.45, 7) is 2.47. The summed E-state index contributed by atoms with van der Waals surface area (Å²) in [5.74, 6) is -0.140. The van der Waals surface area contributed by atoms with Gasteiger partial charge in [-0.1, -0.05) is 54.6 Å². The summed E-state index contributed by atoms with van der Waals surface area (Å²) in [6.07, 6.45) is 0.913. The number of benzene rings is 2. The third-order valence-corrected chi connectivity index (χ3v) is 5.73. The molecule has 2 aromatic carbocycles. The molecule has 2 bridgehead atoms. The smallest absolute Gasteiger partial charge is 0.348 e. The molecule has 4 heteroatoms. The van der Waals surface area contributed by atoms with Crippen LogP contribution in [0.1, 0.15) is 23.1 Å². The quantitative estimate of drug-likeness (QED) is 0.817. The molecule has 4 atom stereocenters. The lowest BCUT2D eigenvalue weighted by Gasteiger charge is -2.30. The van der Waals surface area contributed by atoms with Crippen molar-refractivity contribution in [2.75, 3.05) is 13.1 Å². The third-order valence-electron chi connectivity index (χ3n) is 5.73. The number of nitrogens with zero attached hydrogens (tertiary/aromatic N) is 1. The molecule has 1 N–H and O–H groups in total. The molecule has 0 radical (unpaired) electrons. The van der Waals surface area contributed by atoms with Crippen molar-refractivity contribution in [1.82, 2.24) is 4.90 Å². The van der Waals surface area contributed by atoms with E-state index in [1.165, 1.54) is 0 Å². The Hall–Kier alpha value is -2.17. The first-order valence-corrected chi connectivity index (χ1v) is 8.44. The molecular formula is C20H19NO3. The van der Waals surface area contributed by atoms with Crippen molar-refractivity contribution in [3.63, 3.8) is 0 Å². The Kier molecular flexibility index (Phi) is 2.77. The number of carbonyl (C=O) groups excluding carboxylic acids is 1. The molecule has 1 saturated carbocycles. The van der Waals surface area contributed by atoms with Gasteiger partial charge < -0.3 is 9.84 Å². The molecule has 1 aliphatic carbocycles. The number of aliphatic hydroxyl groups is 1. The van der Waals surface area contributed by atoms with Crippen molar-refractivity contribution in [1.29, 1.82) is 0 Å². The van der Waals surface area contributed by atoms with Crippen LogP contribution in [0.2, 0.25) is 0 Å². The highest BCUT2D eigenvalue weighted by Crippen LogP contribution is 2.54. The molecule has 4 nitrogen and oxygen atoms in total. The maximum Gasteiger partial charge on any atom is 0.348 e. The van der Waals surface area contributed by atoms with Crippen molar-refractivity contribution in [2.45, 2.75) is 24.2 Å². The van der Waals surface area contributed by atoms with Crippen LogP contribution in [0.25, 0.3) is 0 Å². The lowest BCUT2D eigenvalue weighted by Crippen LogP contribution is -2.42. The molecule has 0 amide bonds. The van der Waals surface area contributed by atoms with Crippen LogP contribution in [0.3, 0.4) is 0 Å². The van der Waals surface area contributed by atoms with Crippen molar-refractivity contribution in [3.05, 3.63) is 71.3 Å². The first-order chi connectivity index (χ1) is 11.6. The maximum atomic E-state index is 13.1. The van der Waals surface area contributed by atoms with E-state index in [2.05, 4.69) is 4.90 Å². The summed E-state index contributed by atoms with van der Waals surface area (Å²) in [7, 11) is 0. The second-order valence-corrected chi connectivity index (χ2v) is 7.26. The number of hydrogen-bond acceptors (Lipinski definition) is 4. The number of ether oxygens (including phenoxy) is 1. The summed E-state index contributed by atoms with van der Waals surface area (Å²) < 4.78 is 5.92. The van der Waals surface area contributed by atoms with Crippen LogP contribution in [-0.2, 0) is 21.7 Å². The van der Waals surface area contributed by atoms with Gasteiger partial charge in [-0.05, 0) is 17.5 Å². The van der Waals surface area contributed by atoms with Gasteiger partial charge in [0.25, 0.3) is 0 Å². The van der Waals surface area contributed by atoms with Crippen LogP contribution in [0.4, 0.5) is 0 Å². The highest BCUT2D eigenvalue weighted by atomic mass is 16.6. The van der Waals surface area contributed by atoms with E-state index in [1.54, 1.807) is 12.1 Å². The predicted molar refractivity (Wildman–Crippen MR) is 88.1 cm³/mol. The molecule has 1 unspecified atom stereocenters. The summed E-state index contributed by atoms with van der Waals surface area (Å²) >= 11 is 0. The summed E-state index contributed by atoms with van der Waals surface area (Å²) in [5.41, 5.74) is 0.0260. The van der Waals surface area contributed by atoms with Gasteiger partial charge in [0.05, 0.1) is 0 Å². The van der Waals surface area contributed by atoms with Gasteiger partial charge in [-0.25, -0.2) is 4.79 Å². The Bertz CT molecular complexity index is 821. The van der Waals surface area contributed by atoms with E-state index in [1.807, 2.05) is 42.5 Å². The molecule has 24 heavy (non-hydrogen) atoms. The maximum absolute atomic E-state index is 13.1. The standard InChI is InChI=1S/C20H19NO3/c22-18-20(23,15-7-2-1-3-8-15)17-9-5-4-6-14(17)11-21-12-16-10-19(16,13-21)24-18/h1-9,16,23H,10-13H2/t16-,19+,20+/m1/s1. The third kappa shape index (κ3) is 1.84. The van der Waals surface area contributed by atoms with E-state index in [0.717, 1.165) is 31.6 Å². The number of esters is 1. The number of fused-ring (bicyclic) bond motifs is 2. The topological polar surface area (TPSA) is 49.8 Å². The molecule has 122 valence electrons. The van der Waals surface area contributed by atoms with E-state index in [-0.39, 0.29) is 5.60 Å².